The molecule has 0 fully saturated rings. The second-order valence-corrected chi connectivity index (χ2v) is 4.15. The van der Waals surface area contributed by atoms with Crippen LogP contribution in [-0.4, -0.2) is 19.8 Å². The summed E-state index contributed by atoms with van der Waals surface area (Å²) in [5, 5.41) is 3.12. The Bertz CT molecular complexity index is 361. The van der Waals surface area contributed by atoms with Gasteiger partial charge in [-0.25, -0.2) is 4.39 Å². The van der Waals surface area contributed by atoms with E-state index in [1.54, 1.807) is 0 Å². The highest BCUT2D eigenvalue weighted by atomic mass is 35.5. The standard InChI is InChI=1S/C12H18ClFN2O/c1-2-3-5-17-6-4-16-12-7-9(13)10(14)8-11(12)15/h7-8,16H,2-6,15H2,1H3. The molecule has 3 N–H and O–H groups in total. The molecule has 0 unspecified atom stereocenters. The van der Waals surface area contributed by atoms with Gasteiger partial charge >= 0.3 is 0 Å². The number of nitrogens with two attached hydrogens (primary N) is 1. The van der Waals surface area contributed by atoms with Crippen molar-refractivity contribution < 1.29 is 9.13 Å². The summed E-state index contributed by atoms with van der Waals surface area (Å²) in [5.74, 6) is -0.506. The summed E-state index contributed by atoms with van der Waals surface area (Å²) in [4.78, 5) is 0. The molecule has 3 nitrogen and oxygen atoms in total. The van der Waals surface area contributed by atoms with Crippen molar-refractivity contribution in [1.82, 2.24) is 0 Å². The molecule has 0 aliphatic rings. The average Bonchev–Trinajstić information content (AvgIpc) is 2.30. The van der Waals surface area contributed by atoms with Crippen LogP contribution >= 0.6 is 11.6 Å². The molecule has 1 aromatic rings. The first-order chi connectivity index (χ1) is 8.15. The zero-order valence-electron chi connectivity index (χ0n) is 9.93. The minimum atomic E-state index is -0.506. The van der Waals surface area contributed by atoms with Crippen LogP contribution < -0.4 is 11.1 Å². The highest BCUT2D eigenvalue weighted by Gasteiger charge is 2.05. The smallest absolute Gasteiger partial charge is 0.143 e. The van der Waals surface area contributed by atoms with Crippen molar-refractivity contribution in [2.24, 2.45) is 0 Å². The van der Waals surface area contributed by atoms with Crippen molar-refractivity contribution in [3.05, 3.63) is 23.0 Å². The number of halogens is 2. The van der Waals surface area contributed by atoms with E-state index in [1.165, 1.54) is 12.1 Å². The molecule has 1 rings (SSSR count). The van der Waals surface area contributed by atoms with E-state index in [9.17, 15) is 4.39 Å². The van der Waals surface area contributed by atoms with Crippen LogP contribution in [0.1, 0.15) is 19.8 Å². The maximum Gasteiger partial charge on any atom is 0.143 e. The quantitative estimate of drug-likeness (QED) is 0.584. The van der Waals surface area contributed by atoms with E-state index in [4.69, 9.17) is 22.1 Å². The fourth-order valence-electron chi connectivity index (χ4n) is 1.32. The third kappa shape index (κ3) is 4.79. The van der Waals surface area contributed by atoms with Crippen LogP contribution in [0.25, 0.3) is 0 Å². The summed E-state index contributed by atoms with van der Waals surface area (Å²) < 4.78 is 18.4. The molecular formula is C12H18ClFN2O. The number of ether oxygens (including phenoxy) is 1. The van der Waals surface area contributed by atoms with Gasteiger partial charge in [-0.05, 0) is 12.5 Å². The average molecular weight is 261 g/mol. The van der Waals surface area contributed by atoms with Gasteiger partial charge in [-0.15, -0.1) is 0 Å². The van der Waals surface area contributed by atoms with Gasteiger partial charge in [0.25, 0.3) is 0 Å². The topological polar surface area (TPSA) is 47.3 Å². The number of hydrogen-bond donors (Lipinski definition) is 2. The number of hydrogen-bond acceptors (Lipinski definition) is 3. The van der Waals surface area contributed by atoms with Crippen molar-refractivity contribution in [2.45, 2.75) is 19.8 Å². The molecule has 0 saturated carbocycles. The molecule has 0 radical (unpaired) electrons. The molecule has 1 aromatic carbocycles. The largest absolute Gasteiger partial charge is 0.397 e. The highest BCUT2D eigenvalue weighted by Crippen LogP contribution is 2.25. The minimum absolute atomic E-state index is 0.0635. The second kappa shape index (κ2) is 7.35. The molecule has 0 saturated heterocycles. The predicted octanol–water partition coefficient (Wildman–Crippen LogP) is 3.29. The summed E-state index contributed by atoms with van der Waals surface area (Å²) in [7, 11) is 0. The van der Waals surface area contributed by atoms with Crippen LogP contribution in [0.5, 0.6) is 0 Å². The number of nitrogens with one attached hydrogen (secondary N) is 1. The Kier molecular flexibility index (Phi) is 6.08. The van der Waals surface area contributed by atoms with Crippen LogP contribution in [0.3, 0.4) is 0 Å². The van der Waals surface area contributed by atoms with Gasteiger partial charge in [-0.3, -0.25) is 0 Å². The lowest BCUT2D eigenvalue weighted by molar-refractivity contribution is 0.141. The monoisotopic (exact) mass is 260 g/mol. The lowest BCUT2D eigenvalue weighted by Crippen LogP contribution is -2.11. The summed E-state index contributed by atoms with van der Waals surface area (Å²) >= 11 is 5.67. The second-order valence-electron chi connectivity index (χ2n) is 3.75. The van der Waals surface area contributed by atoms with Crippen LogP contribution in [-0.2, 0) is 4.74 Å². The molecule has 0 spiro atoms. The van der Waals surface area contributed by atoms with Gasteiger partial charge in [-0.2, -0.15) is 0 Å². The van der Waals surface area contributed by atoms with E-state index >= 15 is 0 Å². The molecule has 0 heterocycles. The number of rotatable bonds is 7. The summed E-state index contributed by atoms with van der Waals surface area (Å²) in [5.41, 5.74) is 6.63. The molecule has 0 aliphatic heterocycles. The van der Waals surface area contributed by atoms with Crippen LogP contribution in [0, 0.1) is 5.82 Å². The van der Waals surface area contributed by atoms with Crippen molar-refractivity contribution >= 4 is 23.0 Å². The van der Waals surface area contributed by atoms with Crippen molar-refractivity contribution in [3.63, 3.8) is 0 Å². The first-order valence-electron chi connectivity index (χ1n) is 5.71. The molecule has 96 valence electrons. The van der Waals surface area contributed by atoms with Crippen LogP contribution in [0.15, 0.2) is 12.1 Å². The Balaban J connectivity index is 2.34. The highest BCUT2D eigenvalue weighted by molar-refractivity contribution is 6.31. The van der Waals surface area contributed by atoms with Gasteiger partial charge < -0.3 is 15.8 Å². The molecule has 0 bridgehead atoms. The summed E-state index contributed by atoms with van der Waals surface area (Å²) in [6.07, 6.45) is 2.18. The third-order valence-electron chi connectivity index (χ3n) is 2.30. The number of anilines is 2. The van der Waals surface area contributed by atoms with E-state index < -0.39 is 5.82 Å². The van der Waals surface area contributed by atoms with Crippen molar-refractivity contribution in [3.8, 4) is 0 Å². The normalized spacial score (nSPS) is 10.5. The summed E-state index contributed by atoms with van der Waals surface area (Å²) in [6, 6.07) is 2.70. The molecular weight excluding hydrogens is 243 g/mol. The van der Waals surface area contributed by atoms with Gasteiger partial charge in [0, 0.05) is 19.2 Å². The zero-order chi connectivity index (χ0) is 12.7. The fraction of sp³-hybridized carbons (Fsp3) is 0.500. The van der Waals surface area contributed by atoms with Crippen LogP contribution in [0.2, 0.25) is 5.02 Å². The minimum Gasteiger partial charge on any atom is -0.397 e. The van der Waals surface area contributed by atoms with E-state index in [0.717, 1.165) is 19.4 Å². The SMILES string of the molecule is CCCCOCCNc1cc(Cl)c(F)cc1N. The zero-order valence-corrected chi connectivity index (χ0v) is 10.7. The summed E-state index contributed by atoms with van der Waals surface area (Å²) in [6.45, 7) is 4.09. The Morgan fingerprint density at radius 2 is 2.18 bits per heavy atom. The van der Waals surface area contributed by atoms with Crippen LogP contribution in [0.4, 0.5) is 15.8 Å². The predicted molar refractivity (Wildman–Crippen MR) is 70.0 cm³/mol. The van der Waals surface area contributed by atoms with Gasteiger partial charge in [0.15, 0.2) is 0 Å². The van der Waals surface area contributed by atoms with Gasteiger partial charge in [-0.1, -0.05) is 24.9 Å². The van der Waals surface area contributed by atoms with Crippen molar-refractivity contribution in [2.75, 3.05) is 30.8 Å². The Morgan fingerprint density at radius 1 is 1.41 bits per heavy atom. The third-order valence-corrected chi connectivity index (χ3v) is 2.59. The van der Waals surface area contributed by atoms with Gasteiger partial charge in [0.05, 0.1) is 23.0 Å². The fourth-order valence-corrected chi connectivity index (χ4v) is 1.49. The lowest BCUT2D eigenvalue weighted by Gasteiger charge is -2.10. The van der Waals surface area contributed by atoms with E-state index in [0.29, 0.717) is 24.5 Å². The van der Waals surface area contributed by atoms with E-state index in [1.807, 2.05) is 0 Å². The Labute approximate surface area is 106 Å². The lowest BCUT2D eigenvalue weighted by atomic mass is 10.2. The van der Waals surface area contributed by atoms with Crippen molar-refractivity contribution in [1.29, 1.82) is 0 Å². The maximum absolute atomic E-state index is 13.0. The molecule has 5 heteroatoms. The first-order valence-corrected chi connectivity index (χ1v) is 6.09. The molecule has 0 aromatic heterocycles. The number of unbranched alkanes of at least 4 members (excludes halogenated alkanes) is 1. The van der Waals surface area contributed by atoms with Gasteiger partial charge in [0.1, 0.15) is 5.82 Å². The molecule has 0 amide bonds. The first kappa shape index (κ1) is 14.1. The molecule has 0 atom stereocenters. The Morgan fingerprint density at radius 3 is 2.88 bits per heavy atom. The van der Waals surface area contributed by atoms with Gasteiger partial charge in [0.2, 0.25) is 0 Å². The molecule has 17 heavy (non-hydrogen) atoms. The van der Waals surface area contributed by atoms with E-state index in [-0.39, 0.29) is 5.02 Å². The number of nitrogen functional groups attached to an aromatic ring is 1. The Hall–Kier alpha value is -1.00. The number of benzene rings is 1. The maximum atomic E-state index is 13.0. The molecule has 0 aliphatic carbocycles. The van der Waals surface area contributed by atoms with E-state index in [2.05, 4.69) is 12.2 Å².